The molecule has 0 bridgehead atoms. The second-order valence-electron chi connectivity index (χ2n) is 15.5. The van der Waals surface area contributed by atoms with E-state index in [0.717, 1.165) is 51.4 Å². The minimum atomic E-state index is -5.02. The first-order valence-electron chi connectivity index (χ1n) is 15.7. The standard InChI is InChI=1S/C32H50O8S.Na/c1-20(2)15-23(34)16-21(3)24-9-11-29(6)25-7-8-26-30(18-39-22(4)33,19-40-41(36,37)38)27(35)10-12-31(26)17-32(25,31)14-13-28(24,29)5;/h20-21,24-26H,7-19H2,1-6H3,(H,36,37,38);/q;+1/p-1/t21-,24-,25-,26+,28-,29+,30+,31-,32+;/m1./s1. The van der Waals surface area contributed by atoms with Gasteiger partial charge in [0.05, 0.1) is 12.0 Å². The van der Waals surface area contributed by atoms with Gasteiger partial charge in [0.15, 0.2) is 0 Å². The van der Waals surface area contributed by atoms with Gasteiger partial charge in [0, 0.05) is 26.2 Å². The van der Waals surface area contributed by atoms with E-state index in [9.17, 15) is 27.4 Å². The van der Waals surface area contributed by atoms with Crippen LogP contribution in [0.2, 0.25) is 0 Å². The average Bonchev–Trinajstić information content (AvgIpc) is 3.44. The molecule has 0 unspecified atom stereocenters. The van der Waals surface area contributed by atoms with Gasteiger partial charge < -0.3 is 9.29 Å². The molecule has 232 valence electrons. The molecule has 2 spiro atoms. The Labute approximate surface area is 274 Å². The summed E-state index contributed by atoms with van der Waals surface area (Å²) >= 11 is 0. The Morgan fingerprint density at radius 3 is 2.19 bits per heavy atom. The summed E-state index contributed by atoms with van der Waals surface area (Å²) in [5, 5.41) is 0. The molecule has 5 aliphatic carbocycles. The Balaban J connectivity index is 0.00000405. The summed E-state index contributed by atoms with van der Waals surface area (Å²) in [5.41, 5.74) is -1.14. The number of rotatable bonds is 10. The molecule has 0 saturated heterocycles. The zero-order valence-corrected chi connectivity index (χ0v) is 29.6. The van der Waals surface area contributed by atoms with E-state index in [-0.39, 0.29) is 75.9 Å². The SMILES string of the molecule is CC(=O)OC[C@@]1(COS(=O)(=O)[O-])C(=O)CC[C@]23C[C@]24CC[C@]2(C)[C@@H]([C@H](C)CC(=O)CC(C)C)CC[C@@]2(C)[C@H]4CC[C@@H]13.[Na+]. The van der Waals surface area contributed by atoms with Crippen molar-refractivity contribution in [2.75, 3.05) is 13.2 Å². The Bertz CT molecular complexity index is 1220. The third-order valence-electron chi connectivity index (χ3n) is 13.4. The van der Waals surface area contributed by atoms with Crippen molar-refractivity contribution in [2.24, 2.45) is 56.7 Å². The van der Waals surface area contributed by atoms with Crippen LogP contribution in [0.3, 0.4) is 0 Å². The molecule has 0 aliphatic heterocycles. The van der Waals surface area contributed by atoms with Gasteiger partial charge in [0.1, 0.15) is 18.2 Å². The monoisotopic (exact) mass is 616 g/mol. The molecule has 9 atom stereocenters. The molecule has 5 aliphatic rings. The Kier molecular flexibility index (Phi) is 9.45. The number of esters is 1. The van der Waals surface area contributed by atoms with E-state index in [1.165, 1.54) is 6.92 Å². The minimum Gasteiger partial charge on any atom is -0.726 e. The molecular weight excluding hydrogens is 567 g/mol. The summed E-state index contributed by atoms with van der Waals surface area (Å²) in [7, 11) is -5.02. The zero-order chi connectivity index (χ0) is 30.2. The van der Waals surface area contributed by atoms with Gasteiger partial charge >= 0.3 is 35.5 Å². The zero-order valence-electron chi connectivity index (χ0n) is 26.8. The molecule has 0 radical (unpaired) electrons. The smallest absolute Gasteiger partial charge is 0.726 e. The maximum absolute atomic E-state index is 13.6. The van der Waals surface area contributed by atoms with Crippen molar-refractivity contribution in [3.05, 3.63) is 0 Å². The van der Waals surface area contributed by atoms with Crippen LogP contribution >= 0.6 is 0 Å². The molecule has 0 aromatic rings. The number of hydrogen-bond acceptors (Lipinski definition) is 8. The number of fused-ring (bicyclic) bond motifs is 2. The van der Waals surface area contributed by atoms with Crippen LogP contribution in [0.25, 0.3) is 0 Å². The second-order valence-corrected chi connectivity index (χ2v) is 16.6. The predicted octanol–water partition coefficient (Wildman–Crippen LogP) is 2.64. The fourth-order valence-corrected chi connectivity index (χ4v) is 12.0. The molecule has 0 aromatic heterocycles. The number of ketones is 2. The average molecular weight is 617 g/mol. The second kappa shape index (κ2) is 11.5. The van der Waals surface area contributed by atoms with Crippen molar-refractivity contribution in [1.29, 1.82) is 0 Å². The number of hydrogen-bond donors (Lipinski definition) is 0. The first-order chi connectivity index (χ1) is 19.0. The van der Waals surface area contributed by atoms with Crippen molar-refractivity contribution >= 4 is 27.9 Å². The van der Waals surface area contributed by atoms with Gasteiger partial charge in [-0.2, -0.15) is 0 Å². The number of ether oxygens (including phenoxy) is 1. The van der Waals surface area contributed by atoms with Crippen molar-refractivity contribution < 1.29 is 65.8 Å². The number of carbonyl (C=O) groups is 3. The summed E-state index contributed by atoms with van der Waals surface area (Å²) in [4.78, 5) is 38.2. The Hall–Kier alpha value is -0.320. The third-order valence-corrected chi connectivity index (χ3v) is 13.8. The molecule has 5 fully saturated rings. The van der Waals surface area contributed by atoms with Crippen LogP contribution in [0.1, 0.15) is 112 Å². The summed E-state index contributed by atoms with van der Waals surface area (Å²) in [6, 6.07) is 0. The van der Waals surface area contributed by atoms with E-state index in [4.69, 9.17) is 8.92 Å². The van der Waals surface area contributed by atoms with Crippen molar-refractivity contribution in [1.82, 2.24) is 0 Å². The van der Waals surface area contributed by atoms with Gasteiger partial charge in [0.25, 0.3) is 0 Å². The van der Waals surface area contributed by atoms with E-state index in [1.54, 1.807) is 0 Å². The van der Waals surface area contributed by atoms with Gasteiger partial charge in [-0.05, 0) is 103 Å². The van der Waals surface area contributed by atoms with Crippen LogP contribution in [0.15, 0.2) is 0 Å². The van der Waals surface area contributed by atoms with Gasteiger partial charge in [-0.15, -0.1) is 0 Å². The maximum Gasteiger partial charge on any atom is 1.00 e. The van der Waals surface area contributed by atoms with Crippen LogP contribution in [0, 0.1) is 56.7 Å². The molecule has 0 N–H and O–H groups in total. The van der Waals surface area contributed by atoms with Crippen molar-refractivity contribution in [3.63, 3.8) is 0 Å². The van der Waals surface area contributed by atoms with Crippen LogP contribution in [-0.4, -0.2) is 43.7 Å². The summed E-state index contributed by atoms with van der Waals surface area (Å²) in [5.74, 6) is 1.19. The van der Waals surface area contributed by atoms with E-state index >= 15 is 0 Å². The molecule has 5 rings (SSSR count). The molecule has 0 amide bonds. The third kappa shape index (κ3) is 5.22. The summed E-state index contributed by atoms with van der Waals surface area (Å²) < 4.78 is 44.8. The van der Waals surface area contributed by atoms with Gasteiger partial charge in [-0.25, -0.2) is 8.42 Å². The molecule has 42 heavy (non-hydrogen) atoms. The van der Waals surface area contributed by atoms with Crippen LogP contribution < -0.4 is 29.6 Å². The quantitative estimate of drug-likeness (QED) is 0.159. The molecular formula is C32H49NaO8S. The summed E-state index contributed by atoms with van der Waals surface area (Å²) in [6.07, 6.45) is 9.38. The van der Waals surface area contributed by atoms with Gasteiger partial charge in [0.2, 0.25) is 10.4 Å². The Morgan fingerprint density at radius 2 is 1.57 bits per heavy atom. The normalized spacial score (nSPS) is 42.9. The van der Waals surface area contributed by atoms with Crippen molar-refractivity contribution in [3.8, 4) is 0 Å². The Morgan fingerprint density at radius 1 is 0.929 bits per heavy atom. The van der Waals surface area contributed by atoms with Crippen LogP contribution in [0.4, 0.5) is 0 Å². The number of Topliss-reactive ketones (excluding diaryl/α,β-unsaturated/α-hetero) is 2. The first-order valence-corrected chi connectivity index (χ1v) is 17.1. The predicted molar refractivity (Wildman–Crippen MR) is 151 cm³/mol. The largest absolute Gasteiger partial charge is 1.00 e. The van der Waals surface area contributed by atoms with Gasteiger partial charge in [-0.3, -0.25) is 18.6 Å². The fourth-order valence-electron chi connectivity index (χ4n) is 11.7. The molecule has 8 nitrogen and oxygen atoms in total. The van der Waals surface area contributed by atoms with E-state index in [2.05, 4.69) is 34.6 Å². The minimum absolute atomic E-state index is 0. The first kappa shape index (κ1) is 34.6. The van der Waals surface area contributed by atoms with E-state index in [1.807, 2.05) is 0 Å². The van der Waals surface area contributed by atoms with Crippen molar-refractivity contribution in [2.45, 2.75) is 112 Å². The van der Waals surface area contributed by atoms with E-state index < -0.39 is 28.4 Å². The summed E-state index contributed by atoms with van der Waals surface area (Å²) in [6.45, 7) is 11.9. The van der Waals surface area contributed by atoms with Crippen LogP contribution in [0.5, 0.6) is 0 Å². The fraction of sp³-hybridized carbons (Fsp3) is 0.906. The topological polar surface area (TPSA) is 127 Å². The van der Waals surface area contributed by atoms with E-state index in [0.29, 0.717) is 42.3 Å². The molecule has 0 heterocycles. The van der Waals surface area contributed by atoms with Gasteiger partial charge in [-0.1, -0.05) is 34.6 Å². The molecule has 0 aromatic carbocycles. The van der Waals surface area contributed by atoms with Crippen LogP contribution in [-0.2, 0) is 33.7 Å². The number of carbonyl (C=O) groups excluding carboxylic acids is 3. The maximum atomic E-state index is 13.6. The molecule has 10 heteroatoms. The molecule has 5 saturated carbocycles.